The van der Waals surface area contributed by atoms with Crippen molar-refractivity contribution in [2.24, 2.45) is 5.41 Å². The largest absolute Gasteiger partial charge is 0.349 e. The Labute approximate surface area is 121 Å². The van der Waals surface area contributed by atoms with E-state index in [1.807, 2.05) is 0 Å². The number of alkyl halides is 2. The molecule has 1 atom stereocenters. The van der Waals surface area contributed by atoms with Gasteiger partial charge in [0.2, 0.25) is 5.91 Å². The van der Waals surface area contributed by atoms with E-state index in [4.69, 9.17) is 5.41 Å². The molecule has 5 nitrogen and oxygen atoms in total. The van der Waals surface area contributed by atoms with Crippen LogP contribution in [0.2, 0.25) is 0 Å². The quantitative estimate of drug-likeness (QED) is 0.758. The fourth-order valence-electron chi connectivity index (χ4n) is 2.48. The van der Waals surface area contributed by atoms with Gasteiger partial charge in [0, 0.05) is 37.1 Å². The van der Waals surface area contributed by atoms with Gasteiger partial charge in [-0.05, 0) is 18.6 Å². The lowest BCUT2D eigenvalue weighted by molar-refractivity contribution is -0.128. The zero-order valence-corrected chi connectivity index (χ0v) is 11.5. The number of hydrogen-bond donors (Lipinski definition) is 3. The average molecular weight is 296 g/mol. The second-order valence-corrected chi connectivity index (χ2v) is 5.09. The summed E-state index contributed by atoms with van der Waals surface area (Å²) in [6.45, 7) is 0.179. The Hall–Kier alpha value is -1.89. The molecular formula is C14H18F2N4O. The SMILES string of the molecule is N=C1CCNC[C@]1(Cc1ccccn1)C(=O)NCC(F)F. The standard InChI is InChI=1S/C14H18F2N4O/c15-12(16)8-20-13(21)14(9-18-6-4-11(14)17)7-10-3-1-2-5-19-10/h1-3,5,12,17-18H,4,6-9H2,(H,20,21)/t14-/m0/s1. The van der Waals surface area contributed by atoms with Crippen molar-refractivity contribution in [3.8, 4) is 0 Å². The van der Waals surface area contributed by atoms with Crippen LogP contribution in [0.5, 0.6) is 0 Å². The highest BCUT2D eigenvalue weighted by Crippen LogP contribution is 2.28. The van der Waals surface area contributed by atoms with Crippen LogP contribution in [0.15, 0.2) is 24.4 Å². The van der Waals surface area contributed by atoms with Crippen molar-refractivity contribution in [3.05, 3.63) is 30.1 Å². The molecule has 1 aliphatic heterocycles. The van der Waals surface area contributed by atoms with E-state index < -0.39 is 24.3 Å². The topological polar surface area (TPSA) is 77.9 Å². The molecule has 3 N–H and O–H groups in total. The molecule has 0 bridgehead atoms. The molecule has 0 aromatic carbocycles. The predicted octanol–water partition coefficient (Wildman–Crippen LogP) is 1.00. The number of amides is 1. The summed E-state index contributed by atoms with van der Waals surface area (Å²) in [6.07, 6.45) is -0.338. The highest BCUT2D eigenvalue weighted by atomic mass is 19.3. The Balaban J connectivity index is 2.22. The number of aromatic nitrogens is 1. The molecule has 0 aliphatic carbocycles. The first-order valence-electron chi connectivity index (χ1n) is 6.79. The van der Waals surface area contributed by atoms with Crippen molar-refractivity contribution in [2.45, 2.75) is 19.3 Å². The van der Waals surface area contributed by atoms with Crippen LogP contribution in [0.25, 0.3) is 0 Å². The van der Waals surface area contributed by atoms with Gasteiger partial charge >= 0.3 is 0 Å². The number of halogens is 2. The summed E-state index contributed by atoms with van der Waals surface area (Å²) in [5.74, 6) is -0.536. The van der Waals surface area contributed by atoms with Gasteiger partial charge in [0.15, 0.2) is 0 Å². The summed E-state index contributed by atoms with van der Waals surface area (Å²) in [6, 6.07) is 5.33. The zero-order valence-electron chi connectivity index (χ0n) is 11.5. The number of nitrogens with zero attached hydrogens (tertiary/aromatic N) is 1. The van der Waals surface area contributed by atoms with Crippen molar-refractivity contribution in [1.82, 2.24) is 15.6 Å². The zero-order chi connectivity index (χ0) is 15.3. The molecule has 1 aromatic rings. The Morgan fingerprint density at radius 2 is 2.33 bits per heavy atom. The second kappa shape index (κ2) is 6.71. The van der Waals surface area contributed by atoms with Crippen LogP contribution >= 0.6 is 0 Å². The van der Waals surface area contributed by atoms with Gasteiger partial charge in [-0.15, -0.1) is 0 Å². The van der Waals surface area contributed by atoms with E-state index in [1.54, 1.807) is 24.4 Å². The van der Waals surface area contributed by atoms with E-state index >= 15 is 0 Å². The summed E-state index contributed by atoms with van der Waals surface area (Å²) < 4.78 is 24.6. The minimum atomic E-state index is -2.61. The number of hydrogen-bond acceptors (Lipinski definition) is 4. The molecule has 1 amide bonds. The summed E-state index contributed by atoms with van der Waals surface area (Å²) in [7, 11) is 0. The Morgan fingerprint density at radius 1 is 1.52 bits per heavy atom. The van der Waals surface area contributed by atoms with Gasteiger partial charge < -0.3 is 16.0 Å². The minimum Gasteiger partial charge on any atom is -0.349 e. The fraction of sp³-hybridized carbons (Fsp3) is 0.500. The maximum atomic E-state index is 12.4. The first-order chi connectivity index (χ1) is 10.0. The van der Waals surface area contributed by atoms with Crippen LogP contribution in [0.1, 0.15) is 12.1 Å². The lowest BCUT2D eigenvalue weighted by Gasteiger charge is -2.36. The van der Waals surface area contributed by atoms with Crippen LogP contribution in [-0.4, -0.2) is 42.7 Å². The number of carbonyl (C=O) groups is 1. The van der Waals surface area contributed by atoms with Crippen molar-refractivity contribution < 1.29 is 13.6 Å². The Morgan fingerprint density at radius 3 is 2.95 bits per heavy atom. The summed E-state index contributed by atoms with van der Waals surface area (Å²) >= 11 is 0. The molecule has 21 heavy (non-hydrogen) atoms. The van der Waals surface area contributed by atoms with Crippen molar-refractivity contribution in [3.63, 3.8) is 0 Å². The van der Waals surface area contributed by atoms with Gasteiger partial charge in [-0.2, -0.15) is 0 Å². The van der Waals surface area contributed by atoms with E-state index in [-0.39, 0.29) is 18.7 Å². The van der Waals surface area contributed by atoms with Crippen LogP contribution in [-0.2, 0) is 11.2 Å². The van der Waals surface area contributed by atoms with Crippen molar-refractivity contribution in [1.29, 1.82) is 5.41 Å². The van der Waals surface area contributed by atoms with Crippen LogP contribution < -0.4 is 10.6 Å². The number of nitrogens with one attached hydrogen (secondary N) is 3. The molecule has 2 rings (SSSR count). The third-order valence-corrected chi connectivity index (χ3v) is 3.62. The van der Waals surface area contributed by atoms with Gasteiger partial charge in [-0.25, -0.2) is 8.78 Å². The monoisotopic (exact) mass is 296 g/mol. The van der Waals surface area contributed by atoms with Crippen LogP contribution in [0.3, 0.4) is 0 Å². The molecule has 0 saturated carbocycles. The smallest absolute Gasteiger partial charge is 0.255 e. The van der Waals surface area contributed by atoms with E-state index in [1.165, 1.54) is 0 Å². The maximum absolute atomic E-state index is 12.4. The van der Waals surface area contributed by atoms with Gasteiger partial charge in [-0.1, -0.05) is 6.07 Å². The van der Waals surface area contributed by atoms with Crippen molar-refractivity contribution in [2.75, 3.05) is 19.6 Å². The van der Waals surface area contributed by atoms with Crippen LogP contribution in [0, 0.1) is 10.8 Å². The molecule has 7 heteroatoms. The van der Waals surface area contributed by atoms with E-state index in [0.717, 1.165) is 0 Å². The highest BCUT2D eigenvalue weighted by molar-refractivity contribution is 6.08. The van der Waals surface area contributed by atoms with E-state index in [0.29, 0.717) is 18.7 Å². The van der Waals surface area contributed by atoms with Gasteiger partial charge in [0.25, 0.3) is 6.43 Å². The van der Waals surface area contributed by atoms with Gasteiger partial charge in [-0.3, -0.25) is 9.78 Å². The third-order valence-electron chi connectivity index (χ3n) is 3.62. The predicted molar refractivity (Wildman–Crippen MR) is 74.6 cm³/mol. The lowest BCUT2D eigenvalue weighted by Crippen LogP contribution is -2.57. The molecule has 1 fully saturated rings. The Bertz CT molecular complexity index is 509. The fourth-order valence-corrected chi connectivity index (χ4v) is 2.48. The van der Waals surface area contributed by atoms with Crippen molar-refractivity contribution >= 4 is 11.6 Å². The first-order valence-corrected chi connectivity index (χ1v) is 6.79. The summed E-state index contributed by atoms with van der Waals surface area (Å²) in [5, 5.41) is 13.5. The van der Waals surface area contributed by atoms with E-state index in [9.17, 15) is 13.6 Å². The molecule has 1 aromatic heterocycles. The molecule has 0 unspecified atom stereocenters. The molecular weight excluding hydrogens is 278 g/mol. The maximum Gasteiger partial charge on any atom is 0.255 e. The molecule has 0 spiro atoms. The lowest BCUT2D eigenvalue weighted by atomic mass is 9.74. The molecule has 2 heterocycles. The molecule has 1 aliphatic rings. The molecule has 0 radical (unpaired) electrons. The van der Waals surface area contributed by atoms with Gasteiger partial charge in [0.1, 0.15) is 5.41 Å². The number of carbonyl (C=O) groups excluding carboxylic acids is 1. The number of pyridine rings is 1. The number of rotatable bonds is 5. The Kier molecular flexibility index (Phi) is 4.95. The van der Waals surface area contributed by atoms with Gasteiger partial charge in [0.05, 0.1) is 6.54 Å². The number of piperidine rings is 1. The van der Waals surface area contributed by atoms with Crippen LogP contribution in [0.4, 0.5) is 8.78 Å². The molecule has 114 valence electrons. The first kappa shape index (κ1) is 15.5. The summed E-state index contributed by atoms with van der Waals surface area (Å²) in [4.78, 5) is 16.6. The average Bonchev–Trinajstić information content (AvgIpc) is 2.48. The summed E-state index contributed by atoms with van der Waals surface area (Å²) in [5.41, 5.74) is -0.210. The normalized spacial score (nSPS) is 22.3. The highest BCUT2D eigenvalue weighted by Gasteiger charge is 2.44. The minimum absolute atomic E-state index is 0.231. The second-order valence-electron chi connectivity index (χ2n) is 5.09. The van der Waals surface area contributed by atoms with E-state index in [2.05, 4.69) is 15.6 Å². The third kappa shape index (κ3) is 3.60. The molecule has 1 saturated heterocycles.